The average molecular weight is 363 g/mol. The van der Waals surface area contributed by atoms with E-state index in [2.05, 4.69) is 22.3 Å². The Kier molecular flexibility index (Phi) is 6.26. The minimum Gasteiger partial charge on any atom is -0.493 e. The lowest BCUT2D eigenvalue weighted by atomic mass is 9.98. The van der Waals surface area contributed by atoms with Crippen LogP contribution >= 0.6 is 24.8 Å². The molecular formula is C16H24Cl2N2O3. The molecule has 130 valence electrons. The molecule has 3 aliphatic rings. The normalized spacial score (nSPS) is 21.1. The number of benzene rings is 1. The molecule has 1 saturated carbocycles. The van der Waals surface area contributed by atoms with Gasteiger partial charge in [-0.3, -0.25) is 4.90 Å². The lowest BCUT2D eigenvalue weighted by molar-refractivity contribution is 0.155. The molecule has 2 heterocycles. The number of nitrogens with zero attached hydrogens (tertiary/aromatic N) is 1. The third kappa shape index (κ3) is 3.63. The van der Waals surface area contributed by atoms with Gasteiger partial charge in [-0.1, -0.05) is 0 Å². The maximum atomic E-state index is 5.59. The number of hydrogen-bond donors (Lipinski definition) is 1. The van der Waals surface area contributed by atoms with Gasteiger partial charge in [0.25, 0.3) is 0 Å². The van der Waals surface area contributed by atoms with Gasteiger partial charge in [-0.25, -0.2) is 0 Å². The number of halogens is 2. The topological polar surface area (TPSA) is 43.0 Å². The third-order valence-electron chi connectivity index (χ3n) is 4.64. The molecule has 2 fully saturated rings. The molecule has 1 aliphatic carbocycles. The first-order valence-corrected chi connectivity index (χ1v) is 7.79. The van der Waals surface area contributed by atoms with Crippen LogP contribution in [-0.4, -0.2) is 45.0 Å². The lowest BCUT2D eigenvalue weighted by Gasteiger charge is -2.35. The number of fused-ring (bicyclic) bond motifs is 1. The van der Waals surface area contributed by atoms with Gasteiger partial charge in [0.15, 0.2) is 11.5 Å². The van der Waals surface area contributed by atoms with Gasteiger partial charge in [-0.05, 0) is 36.5 Å². The van der Waals surface area contributed by atoms with Gasteiger partial charge in [0.1, 0.15) is 0 Å². The number of rotatable bonds is 4. The maximum Gasteiger partial charge on any atom is 0.231 e. The molecule has 1 N–H and O–H groups in total. The van der Waals surface area contributed by atoms with Crippen LogP contribution in [0.2, 0.25) is 0 Å². The molecule has 0 unspecified atom stereocenters. The Labute approximate surface area is 149 Å². The van der Waals surface area contributed by atoms with Gasteiger partial charge in [-0.15, -0.1) is 24.8 Å². The first-order chi connectivity index (χ1) is 10.4. The zero-order valence-electron chi connectivity index (χ0n) is 13.2. The Morgan fingerprint density at radius 2 is 1.91 bits per heavy atom. The summed E-state index contributed by atoms with van der Waals surface area (Å²) in [6.07, 6.45) is 2.65. The highest BCUT2D eigenvalue weighted by Crippen LogP contribution is 2.49. The molecule has 1 atom stereocenters. The quantitative estimate of drug-likeness (QED) is 0.891. The van der Waals surface area contributed by atoms with Crippen LogP contribution in [0.15, 0.2) is 12.1 Å². The van der Waals surface area contributed by atoms with Crippen LogP contribution in [0.4, 0.5) is 0 Å². The summed E-state index contributed by atoms with van der Waals surface area (Å²) >= 11 is 0. The highest BCUT2D eigenvalue weighted by atomic mass is 35.5. The van der Waals surface area contributed by atoms with Gasteiger partial charge < -0.3 is 19.5 Å². The first kappa shape index (κ1) is 18.5. The van der Waals surface area contributed by atoms with E-state index < -0.39 is 0 Å². The van der Waals surface area contributed by atoms with Crippen molar-refractivity contribution >= 4 is 24.8 Å². The number of ether oxygens (including phenoxy) is 3. The predicted octanol–water partition coefficient (Wildman–Crippen LogP) is 2.62. The molecule has 0 aromatic heterocycles. The molecule has 2 aliphatic heterocycles. The summed E-state index contributed by atoms with van der Waals surface area (Å²) in [5.41, 5.74) is 1.31. The molecule has 0 bridgehead atoms. The Morgan fingerprint density at radius 1 is 1.17 bits per heavy atom. The van der Waals surface area contributed by atoms with Crippen LogP contribution in [0.1, 0.15) is 24.4 Å². The van der Waals surface area contributed by atoms with E-state index in [-0.39, 0.29) is 31.6 Å². The third-order valence-corrected chi connectivity index (χ3v) is 4.64. The van der Waals surface area contributed by atoms with Crippen molar-refractivity contribution in [3.63, 3.8) is 0 Å². The van der Waals surface area contributed by atoms with Crippen LogP contribution in [0.3, 0.4) is 0 Å². The van der Waals surface area contributed by atoms with E-state index in [1.807, 2.05) is 0 Å². The molecular weight excluding hydrogens is 339 g/mol. The van der Waals surface area contributed by atoms with Gasteiger partial charge in [0, 0.05) is 32.2 Å². The van der Waals surface area contributed by atoms with Crippen molar-refractivity contribution < 1.29 is 14.2 Å². The van der Waals surface area contributed by atoms with E-state index >= 15 is 0 Å². The molecule has 0 spiro atoms. The van der Waals surface area contributed by atoms with Gasteiger partial charge >= 0.3 is 0 Å². The molecule has 1 saturated heterocycles. The van der Waals surface area contributed by atoms with Crippen molar-refractivity contribution in [2.24, 2.45) is 5.92 Å². The lowest BCUT2D eigenvalue weighted by Crippen LogP contribution is -2.45. The molecule has 0 radical (unpaired) electrons. The van der Waals surface area contributed by atoms with Gasteiger partial charge in [0.05, 0.1) is 7.11 Å². The van der Waals surface area contributed by atoms with Crippen molar-refractivity contribution in [3.05, 3.63) is 17.7 Å². The van der Waals surface area contributed by atoms with Crippen molar-refractivity contribution in [2.75, 3.05) is 40.1 Å². The van der Waals surface area contributed by atoms with Crippen LogP contribution in [-0.2, 0) is 0 Å². The zero-order chi connectivity index (χ0) is 14.2. The summed E-state index contributed by atoms with van der Waals surface area (Å²) in [6.45, 7) is 4.66. The summed E-state index contributed by atoms with van der Waals surface area (Å²) in [7, 11) is 1.69. The zero-order valence-corrected chi connectivity index (χ0v) is 14.9. The van der Waals surface area contributed by atoms with Gasteiger partial charge in [0.2, 0.25) is 12.5 Å². The molecule has 0 amide bonds. The minimum absolute atomic E-state index is 0. The molecule has 1 aromatic carbocycles. The number of nitrogens with one attached hydrogen (secondary N) is 1. The van der Waals surface area contributed by atoms with E-state index in [4.69, 9.17) is 14.2 Å². The Morgan fingerprint density at radius 3 is 2.57 bits per heavy atom. The Bertz CT molecular complexity index is 534. The minimum atomic E-state index is 0. The van der Waals surface area contributed by atoms with E-state index in [9.17, 15) is 0 Å². The molecule has 4 rings (SSSR count). The maximum absolute atomic E-state index is 5.59. The SMILES string of the molecule is COc1cc([C@H](C2CC2)N2CCNCC2)cc2c1OCO2.Cl.Cl. The van der Waals surface area contributed by atoms with E-state index in [1.165, 1.54) is 18.4 Å². The van der Waals surface area contributed by atoms with E-state index in [0.717, 1.165) is 49.3 Å². The second-order valence-corrected chi connectivity index (χ2v) is 6.03. The van der Waals surface area contributed by atoms with Crippen LogP contribution in [0.25, 0.3) is 0 Å². The second kappa shape index (κ2) is 7.79. The molecule has 23 heavy (non-hydrogen) atoms. The second-order valence-electron chi connectivity index (χ2n) is 6.03. The number of hydrogen-bond acceptors (Lipinski definition) is 5. The van der Waals surface area contributed by atoms with E-state index in [1.54, 1.807) is 7.11 Å². The molecule has 1 aromatic rings. The smallest absolute Gasteiger partial charge is 0.231 e. The standard InChI is InChI=1S/C16H22N2O3.2ClH/c1-19-13-8-12(9-14-16(13)21-10-20-14)15(11-2-3-11)18-6-4-17-5-7-18;;/h8-9,11,15,17H,2-7,10H2,1H3;2*1H/t15-;;/m0../s1. The number of piperazine rings is 1. The summed E-state index contributed by atoms with van der Waals surface area (Å²) in [4.78, 5) is 2.60. The van der Waals surface area contributed by atoms with Crippen molar-refractivity contribution in [1.29, 1.82) is 0 Å². The summed E-state index contributed by atoms with van der Waals surface area (Å²) in [5, 5.41) is 3.43. The summed E-state index contributed by atoms with van der Waals surface area (Å²) < 4.78 is 16.6. The van der Waals surface area contributed by atoms with E-state index in [0.29, 0.717) is 6.04 Å². The fourth-order valence-corrected chi connectivity index (χ4v) is 3.47. The van der Waals surface area contributed by atoms with Crippen molar-refractivity contribution in [2.45, 2.75) is 18.9 Å². The highest BCUT2D eigenvalue weighted by Gasteiger charge is 2.38. The van der Waals surface area contributed by atoms with Crippen LogP contribution in [0, 0.1) is 5.92 Å². The van der Waals surface area contributed by atoms with Gasteiger partial charge in [-0.2, -0.15) is 0 Å². The van der Waals surface area contributed by atoms with Crippen LogP contribution < -0.4 is 19.5 Å². The van der Waals surface area contributed by atoms with Crippen molar-refractivity contribution in [3.8, 4) is 17.2 Å². The molecule has 5 nitrogen and oxygen atoms in total. The fraction of sp³-hybridized carbons (Fsp3) is 0.625. The largest absolute Gasteiger partial charge is 0.493 e. The average Bonchev–Trinajstić information content (AvgIpc) is 3.24. The fourth-order valence-electron chi connectivity index (χ4n) is 3.47. The highest BCUT2D eigenvalue weighted by molar-refractivity contribution is 5.85. The van der Waals surface area contributed by atoms with Crippen molar-refractivity contribution in [1.82, 2.24) is 10.2 Å². The molecule has 7 heteroatoms. The Hall–Kier alpha value is -0.880. The summed E-state index contributed by atoms with van der Waals surface area (Å²) in [5.74, 6) is 3.13. The summed E-state index contributed by atoms with van der Waals surface area (Å²) in [6, 6.07) is 4.77. The number of methoxy groups -OCH3 is 1. The Balaban J connectivity index is 0.000000960. The van der Waals surface area contributed by atoms with Crippen LogP contribution in [0.5, 0.6) is 17.2 Å². The first-order valence-electron chi connectivity index (χ1n) is 7.79. The monoisotopic (exact) mass is 362 g/mol. The predicted molar refractivity (Wildman–Crippen MR) is 93.5 cm³/mol.